The zero-order chi connectivity index (χ0) is 21.3. The fourth-order valence-corrected chi connectivity index (χ4v) is 4.54. The molecular weight excluding hydrogens is 422 g/mol. The van der Waals surface area contributed by atoms with Crippen LogP contribution in [0.3, 0.4) is 0 Å². The summed E-state index contributed by atoms with van der Waals surface area (Å²) in [5.41, 5.74) is 2.22. The molecule has 0 amide bonds. The van der Waals surface area contributed by atoms with Crippen molar-refractivity contribution in [3.8, 4) is 0 Å². The van der Waals surface area contributed by atoms with Crippen LogP contribution in [0.2, 0.25) is 5.02 Å². The van der Waals surface area contributed by atoms with Gasteiger partial charge in [0.25, 0.3) is 5.56 Å². The Labute approximate surface area is 181 Å². The Morgan fingerprint density at radius 1 is 1.30 bits per heavy atom. The van der Waals surface area contributed by atoms with Gasteiger partial charge in [-0.1, -0.05) is 41.1 Å². The molecule has 152 valence electrons. The molecule has 3 aromatic rings. The molecule has 0 fully saturated rings. The van der Waals surface area contributed by atoms with Crippen molar-refractivity contribution in [1.82, 2.24) is 9.55 Å². The number of carbonyl (C=O) groups excluding carboxylic acids is 1. The molecular formula is C22H18ClN3O3S. The topological polar surface area (TPSA) is 73.6 Å². The summed E-state index contributed by atoms with van der Waals surface area (Å²) in [6.07, 6.45) is 5.14. The second-order valence-electron chi connectivity index (χ2n) is 6.64. The molecule has 3 heterocycles. The van der Waals surface area contributed by atoms with E-state index < -0.39 is 12.0 Å². The van der Waals surface area contributed by atoms with E-state index in [1.807, 2.05) is 24.3 Å². The fraction of sp³-hybridized carbons (Fsp3) is 0.182. The number of aromatic nitrogens is 2. The molecule has 1 atom stereocenters. The van der Waals surface area contributed by atoms with Gasteiger partial charge in [0.05, 0.1) is 28.5 Å². The van der Waals surface area contributed by atoms with Crippen molar-refractivity contribution in [1.29, 1.82) is 0 Å². The highest BCUT2D eigenvalue weighted by Gasteiger charge is 2.33. The molecule has 8 heteroatoms. The molecule has 0 bridgehead atoms. The summed E-state index contributed by atoms with van der Waals surface area (Å²) in [6.45, 7) is 3.73. The highest BCUT2D eigenvalue weighted by molar-refractivity contribution is 7.07. The van der Waals surface area contributed by atoms with Gasteiger partial charge in [-0.15, -0.1) is 0 Å². The normalized spacial score (nSPS) is 16.2. The minimum atomic E-state index is -0.645. The average Bonchev–Trinajstić information content (AvgIpc) is 3.03. The molecule has 0 saturated heterocycles. The van der Waals surface area contributed by atoms with E-state index in [2.05, 4.69) is 9.98 Å². The first-order chi connectivity index (χ1) is 14.5. The van der Waals surface area contributed by atoms with Crippen molar-refractivity contribution in [2.75, 3.05) is 6.61 Å². The van der Waals surface area contributed by atoms with Gasteiger partial charge in [0.2, 0.25) is 0 Å². The first-order valence-electron chi connectivity index (χ1n) is 9.34. The smallest absolute Gasteiger partial charge is 0.338 e. The first-order valence-corrected chi connectivity index (χ1v) is 10.5. The molecule has 0 saturated carbocycles. The number of hydrogen-bond acceptors (Lipinski definition) is 6. The van der Waals surface area contributed by atoms with E-state index >= 15 is 0 Å². The minimum absolute atomic E-state index is 0.225. The summed E-state index contributed by atoms with van der Waals surface area (Å²) >= 11 is 7.33. The number of hydrogen-bond donors (Lipinski definition) is 0. The van der Waals surface area contributed by atoms with Gasteiger partial charge in [-0.3, -0.25) is 14.3 Å². The Balaban J connectivity index is 1.96. The Bertz CT molecular complexity index is 1310. The number of thiazole rings is 1. The lowest BCUT2D eigenvalue weighted by Crippen LogP contribution is -2.39. The van der Waals surface area contributed by atoms with Crippen LogP contribution in [0.15, 0.2) is 69.8 Å². The molecule has 1 aromatic carbocycles. The maximum atomic E-state index is 13.4. The van der Waals surface area contributed by atoms with Crippen LogP contribution < -0.4 is 14.9 Å². The number of nitrogens with zero attached hydrogens (tertiary/aromatic N) is 3. The van der Waals surface area contributed by atoms with Gasteiger partial charge in [-0.25, -0.2) is 9.79 Å². The van der Waals surface area contributed by atoms with Crippen LogP contribution in [-0.4, -0.2) is 22.1 Å². The summed E-state index contributed by atoms with van der Waals surface area (Å²) < 4.78 is 7.34. The number of benzene rings is 1. The van der Waals surface area contributed by atoms with Gasteiger partial charge >= 0.3 is 5.97 Å². The quantitative estimate of drug-likeness (QED) is 0.586. The number of allylic oxidation sites excluding steroid dienone is 1. The lowest BCUT2D eigenvalue weighted by atomic mass is 9.96. The molecule has 30 heavy (non-hydrogen) atoms. The predicted molar refractivity (Wildman–Crippen MR) is 116 cm³/mol. The largest absolute Gasteiger partial charge is 0.463 e. The number of rotatable bonds is 4. The highest BCUT2D eigenvalue weighted by Crippen LogP contribution is 2.31. The van der Waals surface area contributed by atoms with Gasteiger partial charge in [0.1, 0.15) is 0 Å². The van der Waals surface area contributed by atoms with Crippen LogP contribution in [0, 0.1) is 0 Å². The van der Waals surface area contributed by atoms with Gasteiger partial charge in [0, 0.05) is 17.4 Å². The molecule has 1 aliphatic heterocycles. The van der Waals surface area contributed by atoms with Gasteiger partial charge < -0.3 is 4.74 Å². The van der Waals surface area contributed by atoms with Crippen molar-refractivity contribution in [3.05, 3.63) is 95.9 Å². The molecule has 4 rings (SSSR count). The third-order valence-electron chi connectivity index (χ3n) is 4.68. The van der Waals surface area contributed by atoms with E-state index in [0.717, 1.165) is 11.1 Å². The van der Waals surface area contributed by atoms with Crippen LogP contribution in [0.5, 0.6) is 0 Å². The molecule has 0 N–H and O–H groups in total. The molecule has 0 aliphatic carbocycles. The molecule has 1 aliphatic rings. The summed E-state index contributed by atoms with van der Waals surface area (Å²) in [5.74, 6) is -0.486. The molecule has 2 aromatic heterocycles. The van der Waals surface area contributed by atoms with Crippen LogP contribution in [0.1, 0.15) is 31.0 Å². The lowest BCUT2D eigenvalue weighted by Gasteiger charge is -2.24. The lowest BCUT2D eigenvalue weighted by molar-refractivity contribution is -0.139. The SMILES string of the molecule is CCOC(=O)C1=C(C)N=c2s/c(=C\c3cccnc3)c(=O)n2[C@@H]1c1ccc(Cl)cc1. The molecule has 0 radical (unpaired) electrons. The average molecular weight is 440 g/mol. The zero-order valence-corrected chi connectivity index (χ0v) is 17.9. The van der Waals surface area contributed by atoms with Crippen molar-refractivity contribution in [2.45, 2.75) is 19.9 Å². The first kappa shape index (κ1) is 20.3. The Morgan fingerprint density at radius 2 is 2.07 bits per heavy atom. The predicted octanol–water partition coefficient (Wildman–Crippen LogP) is 2.85. The third-order valence-corrected chi connectivity index (χ3v) is 5.92. The summed E-state index contributed by atoms with van der Waals surface area (Å²) in [5, 5.41) is 0.570. The number of fused-ring (bicyclic) bond motifs is 1. The maximum absolute atomic E-state index is 13.4. The maximum Gasteiger partial charge on any atom is 0.338 e. The van der Waals surface area contributed by atoms with Crippen LogP contribution in [-0.2, 0) is 9.53 Å². The highest BCUT2D eigenvalue weighted by atomic mass is 35.5. The van der Waals surface area contributed by atoms with E-state index in [1.165, 1.54) is 11.3 Å². The van der Waals surface area contributed by atoms with Gasteiger partial charge in [-0.05, 0) is 49.2 Å². The van der Waals surface area contributed by atoms with E-state index in [9.17, 15) is 9.59 Å². The number of esters is 1. The Morgan fingerprint density at radius 3 is 2.73 bits per heavy atom. The number of ether oxygens (including phenoxy) is 1. The number of halogens is 1. The van der Waals surface area contributed by atoms with E-state index in [4.69, 9.17) is 16.3 Å². The zero-order valence-electron chi connectivity index (χ0n) is 16.3. The second-order valence-corrected chi connectivity index (χ2v) is 8.09. The van der Waals surface area contributed by atoms with Gasteiger partial charge in [-0.2, -0.15) is 0 Å². The molecule has 0 unspecified atom stereocenters. The molecule has 0 spiro atoms. The molecule has 6 nitrogen and oxygen atoms in total. The second kappa shape index (κ2) is 8.38. The van der Waals surface area contributed by atoms with E-state index in [1.54, 1.807) is 49.0 Å². The van der Waals surface area contributed by atoms with Crippen molar-refractivity contribution in [3.63, 3.8) is 0 Å². The number of carbonyl (C=O) groups is 1. The Hall–Kier alpha value is -3.03. The fourth-order valence-electron chi connectivity index (χ4n) is 3.36. The van der Waals surface area contributed by atoms with Crippen molar-refractivity contribution < 1.29 is 9.53 Å². The van der Waals surface area contributed by atoms with E-state index in [0.29, 0.717) is 25.6 Å². The van der Waals surface area contributed by atoms with Crippen LogP contribution >= 0.6 is 22.9 Å². The monoisotopic (exact) mass is 439 g/mol. The standard InChI is InChI=1S/C22H18ClN3O3S/c1-3-29-21(28)18-13(2)25-22-26(19(18)15-6-8-16(23)9-7-15)20(27)17(30-22)11-14-5-4-10-24-12-14/h4-12,19H,3H2,1-2H3/b17-11-/t19-/m1/s1. The summed E-state index contributed by atoms with van der Waals surface area (Å²) in [6, 6.07) is 10.1. The summed E-state index contributed by atoms with van der Waals surface area (Å²) in [4.78, 5) is 35.3. The van der Waals surface area contributed by atoms with Crippen molar-refractivity contribution in [2.24, 2.45) is 4.99 Å². The minimum Gasteiger partial charge on any atom is -0.463 e. The number of pyridine rings is 1. The van der Waals surface area contributed by atoms with Crippen molar-refractivity contribution >= 4 is 35.0 Å². The van der Waals surface area contributed by atoms with Gasteiger partial charge in [0.15, 0.2) is 4.80 Å². The third kappa shape index (κ3) is 3.74. The summed E-state index contributed by atoms with van der Waals surface area (Å²) in [7, 11) is 0. The Kier molecular flexibility index (Phi) is 5.65. The van der Waals surface area contributed by atoms with E-state index in [-0.39, 0.29) is 12.2 Å². The van der Waals surface area contributed by atoms with Crippen LogP contribution in [0.4, 0.5) is 0 Å². The van der Waals surface area contributed by atoms with Crippen LogP contribution in [0.25, 0.3) is 6.08 Å².